The number of amides is 3. The molecule has 3 amide bonds. The van der Waals surface area contributed by atoms with Gasteiger partial charge in [-0.1, -0.05) is 0 Å². The number of hydrogen-bond acceptors (Lipinski definition) is 4. The largest absolute Gasteiger partial charge is 0.336 e. The van der Waals surface area contributed by atoms with E-state index in [2.05, 4.69) is 15.5 Å². The highest BCUT2D eigenvalue weighted by Gasteiger charge is 2.29. The number of imide groups is 1. The molecule has 6 heteroatoms. The molecule has 6 nitrogen and oxygen atoms in total. The molecule has 0 bridgehead atoms. The molecule has 2 rings (SSSR count). The topological polar surface area (TPSA) is 64.7 Å². The molecule has 2 fully saturated rings. The lowest BCUT2D eigenvalue weighted by molar-refractivity contribution is -0.128. The first-order valence-electron chi connectivity index (χ1n) is 6.16. The lowest BCUT2D eigenvalue weighted by atomic mass is 10.1. The van der Waals surface area contributed by atoms with E-state index in [0.717, 1.165) is 26.1 Å². The lowest BCUT2D eigenvalue weighted by Gasteiger charge is -2.18. The van der Waals surface area contributed by atoms with Crippen LogP contribution in [0.15, 0.2) is 0 Å². The summed E-state index contributed by atoms with van der Waals surface area (Å²) in [5.74, 6) is 0.547. The quantitative estimate of drug-likeness (QED) is 0.667. The second kappa shape index (κ2) is 5.46. The first-order valence-corrected chi connectivity index (χ1v) is 6.16. The van der Waals surface area contributed by atoms with Crippen molar-refractivity contribution in [2.24, 2.45) is 5.92 Å². The molecule has 2 aliphatic heterocycles. The van der Waals surface area contributed by atoms with Crippen molar-refractivity contribution in [2.45, 2.75) is 6.42 Å². The summed E-state index contributed by atoms with van der Waals surface area (Å²) in [5, 5.41) is 5.80. The van der Waals surface area contributed by atoms with E-state index in [1.54, 1.807) is 0 Å². The number of nitrogens with one attached hydrogen (secondary N) is 2. The van der Waals surface area contributed by atoms with Crippen LogP contribution in [-0.4, -0.2) is 68.1 Å². The zero-order chi connectivity index (χ0) is 12.3. The Kier molecular flexibility index (Phi) is 3.96. The molecule has 0 aromatic heterocycles. The summed E-state index contributed by atoms with van der Waals surface area (Å²) in [4.78, 5) is 26.7. The normalized spacial score (nSPS) is 25.4. The third-order valence-corrected chi connectivity index (χ3v) is 3.38. The van der Waals surface area contributed by atoms with Crippen molar-refractivity contribution < 1.29 is 9.59 Å². The van der Waals surface area contributed by atoms with E-state index in [0.29, 0.717) is 25.6 Å². The SMILES string of the molecule is CNCC1CCN(CC(=O)N2CCNC2=O)C1. The van der Waals surface area contributed by atoms with Crippen LogP contribution in [0.3, 0.4) is 0 Å². The second-order valence-corrected chi connectivity index (χ2v) is 4.72. The van der Waals surface area contributed by atoms with Gasteiger partial charge in [0.15, 0.2) is 0 Å². The van der Waals surface area contributed by atoms with E-state index in [9.17, 15) is 9.59 Å². The predicted octanol–water partition coefficient (Wildman–Crippen LogP) is -0.920. The summed E-state index contributed by atoms with van der Waals surface area (Å²) < 4.78 is 0. The summed E-state index contributed by atoms with van der Waals surface area (Å²) in [6, 6.07) is -0.249. The summed E-state index contributed by atoms with van der Waals surface area (Å²) in [5.41, 5.74) is 0. The molecule has 2 heterocycles. The molecule has 0 spiro atoms. The molecule has 1 atom stereocenters. The predicted molar refractivity (Wildman–Crippen MR) is 63.6 cm³/mol. The Morgan fingerprint density at radius 1 is 1.53 bits per heavy atom. The minimum Gasteiger partial charge on any atom is -0.336 e. The molecule has 2 N–H and O–H groups in total. The third kappa shape index (κ3) is 2.95. The van der Waals surface area contributed by atoms with Gasteiger partial charge in [-0.3, -0.25) is 14.6 Å². The van der Waals surface area contributed by atoms with Gasteiger partial charge in [-0.25, -0.2) is 4.79 Å². The van der Waals surface area contributed by atoms with Crippen molar-refractivity contribution in [1.29, 1.82) is 0 Å². The average Bonchev–Trinajstić information content (AvgIpc) is 2.88. The Labute approximate surface area is 101 Å². The van der Waals surface area contributed by atoms with Crippen molar-refractivity contribution in [3.8, 4) is 0 Å². The van der Waals surface area contributed by atoms with E-state index < -0.39 is 0 Å². The Hall–Kier alpha value is -1.14. The van der Waals surface area contributed by atoms with E-state index in [1.807, 2.05) is 7.05 Å². The van der Waals surface area contributed by atoms with Crippen LogP contribution in [0.1, 0.15) is 6.42 Å². The molecule has 0 saturated carbocycles. The number of rotatable bonds is 4. The van der Waals surface area contributed by atoms with Gasteiger partial charge in [0.2, 0.25) is 5.91 Å². The van der Waals surface area contributed by atoms with Crippen LogP contribution in [0, 0.1) is 5.92 Å². The van der Waals surface area contributed by atoms with Gasteiger partial charge >= 0.3 is 6.03 Å². The van der Waals surface area contributed by atoms with Gasteiger partial charge in [-0.05, 0) is 32.5 Å². The van der Waals surface area contributed by atoms with Gasteiger partial charge in [-0.2, -0.15) is 0 Å². The first kappa shape index (κ1) is 12.3. The minimum atomic E-state index is -0.249. The Bertz CT molecular complexity index is 308. The van der Waals surface area contributed by atoms with Crippen LogP contribution >= 0.6 is 0 Å². The number of likely N-dealkylation sites (tertiary alicyclic amines) is 1. The van der Waals surface area contributed by atoms with Gasteiger partial charge in [0.1, 0.15) is 0 Å². The van der Waals surface area contributed by atoms with Crippen molar-refractivity contribution in [3.05, 3.63) is 0 Å². The molecular formula is C11H20N4O2. The molecule has 0 aliphatic carbocycles. The fraction of sp³-hybridized carbons (Fsp3) is 0.818. The Balaban J connectivity index is 1.78. The maximum Gasteiger partial charge on any atom is 0.324 e. The van der Waals surface area contributed by atoms with Gasteiger partial charge in [0.05, 0.1) is 6.54 Å². The molecule has 0 aromatic carbocycles. The number of hydrogen-bond donors (Lipinski definition) is 2. The molecule has 2 aliphatic rings. The zero-order valence-corrected chi connectivity index (χ0v) is 10.2. The van der Waals surface area contributed by atoms with Crippen molar-refractivity contribution >= 4 is 11.9 Å². The zero-order valence-electron chi connectivity index (χ0n) is 10.2. The number of carbonyl (C=O) groups is 2. The van der Waals surface area contributed by atoms with Crippen LogP contribution in [0.2, 0.25) is 0 Å². The van der Waals surface area contributed by atoms with Gasteiger partial charge < -0.3 is 10.6 Å². The average molecular weight is 240 g/mol. The van der Waals surface area contributed by atoms with Crippen LogP contribution in [0.4, 0.5) is 4.79 Å². The lowest BCUT2D eigenvalue weighted by Crippen LogP contribution is -2.41. The fourth-order valence-electron chi connectivity index (χ4n) is 2.50. The highest BCUT2D eigenvalue weighted by atomic mass is 16.2. The molecule has 0 radical (unpaired) electrons. The summed E-state index contributed by atoms with van der Waals surface area (Å²) in [7, 11) is 1.95. The minimum absolute atomic E-state index is 0.0786. The monoisotopic (exact) mass is 240 g/mol. The Morgan fingerprint density at radius 2 is 2.35 bits per heavy atom. The maximum atomic E-state index is 11.9. The fourth-order valence-corrected chi connectivity index (χ4v) is 2.50. The first-order chi connectivity index (χ1) is 8.20. The van der Waals surface area contributed by atoms with Crippen LogP contribution in [0.5, 0.6) is 0 Å². The maximum absolute atomic E-state index is 11.9. The molecule has 96 valence electrons. The van der Waals surface area contributed by atoms with E-state index >= 15 is 0 Å². The van der Waals surface area contributed by atoms with E-state index in [-0.39, 0.29) is 11.9 Å². The van der Waals surface area contributed by atoms with Gasteiger partial charge in [-0.15, -0.1) is 0 Å². The molecule has 1 unspecified atom stereocenters. The Morgan fingerprint density at radius 3 is 3.00 bits per heavy atom. The molecule has 2 saturated heterocycles. The van der Waals surface area contributed by atoms with Crippen LogP contribution in [-0.2, 0) is 4.79 Å². The number of urea groups is 1. The van der Waals surface area contributed by atoms with Crippen molar-refractivity contribution in [3.63, 3.8) is 0 Å². The van der Waals surface area contributed by atoms with E-state index in [1.165, 1.54) is 4.90 Å². The number of nitrogens with zero attached hydrogens (tertiary/aromatic N) is 2. The summed E-state index contributed by atoms with van der Waals surface area (Å²) in [6.07, 6.45) is 1.13. The van der Waals surface area contributed by atoms with Gasteiger partial charge in [0.25, 0.3) is 0 Å². The highest BCUT2D eigenvalue weighted by Crippen LogP contribution is 2.15. The van der Waals surface area contributed by atoms with Crippen molar-refractivity contribution in [2.75, 3.05) is 46.3 Å². The van der Waals surface area contributed by atoms with Crippen molar-refractivity contribution in [1.82, 2.24) is 20.4 Å². The van der Waals surface area contributed by atoms with Crippen LogP contribution < -0.4 is 10.6 Å². The summed E-state index contributed by atoms with van der Waals surface area (Å²) >= 11 is 0. The summed E-state index contributed by atoms with van der Waals surface area (Å²) in [6.45, 7) is 4.34. The molecule has 17 heavy (non-hydrogen) atoms. The van der Waals surface area contributed by atoms with E-state index in [4.69, 9.17) is 0 Å². The molecule has 0 aromatic rings. The molecular weight excluding hydrogens is 220 g/mol. The van der Waals surface area contributed by atoms with Gasteiger partial charge in [0, 0.05) is 19.6 Å². The standard InChI is InChI=1S/C11H20N4O2/c1-12-6-9-2-4-14(7-9)8-10(16)15-5-3-13-11(15)17/h9,12H,2-8H2,1H3,(H,13,17). The second-order valence-electron chi connectivity index (χ2n) is 4.72. The van der Waals surface area contributed by atoms with Crippen LogP contribution in [0.25, 0.3) is 0 Å². The highest BCUT2D eigenvalue weighted by molar-refractivity contribution is 5.96. The smallest absolute Gasteiger partial charge is 0.324 e. The third-order valence-electron chi connectivity index (χ3n) is 3.38. The number of carbonyl (C=O) groups excluding carboxylic acids is 2.